The summed E-state index contributed by atoms with van der Waals surface area (Å²) >= 11 is 0. The number of rotatable bonds is 5. The van der Waals surface area contributed by atoms with E-state index >= 15 is 0 Å². The van der Waals surface area contributed by atoms with E-state index in [-0.39, 0.29) is 18.5 Å². The second-order valence-corrected chi connectivity index (χ2v) is 6.97. The number of hydrogen-bond donors (Lipinski definition) is 3. The van der Waals surface area contributed by atoms with Crippen LogP contribution < -0.4 is 11.1 Å². The number of ether oxygens (including phenoxy) is 1. The van der Waals surface area contributed by atoms with Crippen molar-refractivity contribution in [1.29, 1.82) is 0 Å². The maximum absolute atomic E-state index is 11.9. The molecule has 3 atom stereocenters. The van der Waals surface area contributed by atoms with Crippen LogP contribution in [0.5, 0.6) is 0 Å². The Morgan fingerprint density at radius 3 is 2.55 bits per heavy atom. The Morgan fingerprint density at radius 2 is 2.05 bits per heavy atom. The monoisotopic (exact) mass is 315 g/mol. The Hall–Kier alpha value is -1.34. The molecule has 0 aromatic carbocycles. The molecule has 7 nitrogen and oxygen atoms in total. The number of nitrogens with zero attached hydrogens (tertiary/aromatic N) is 1. The van der Waals surface area contributed by atoms with Crippen LogP contribution in [0, 0.1) is 5.92 Å². The lowest BCUT2D eigenvalue weighted by atomic mass is 9.88. The first-order valence-electron chi connectivity index (χ1n) is 7.79. The van der Waals surface area contributed by atoms with Gasteiger partial charge >= 0.3 is 6.09 Å². The average molecular weight is 315 g/mol. The van der Waals surface area contributed by atoms with Gasteiger partial charge in [-0.05, 0) is 39.5 Å². The van der Waals surface area contributed by atoms with Crippen molar-refractivity contribution < 1.29 is 19.4 Å². The lowest BCUT2D eigenvalue weighted by Gasteiger charge is -2.39. The molecule has 128 valence electrons. The number of carbonyl (C=O) groups is 2. The third kappa shape index (κ3) is 6.62. The maximum atomic E-state index is 11.9. The SMILES string of the molecule is CCC(O)C1CC(NC(=O)OC(C)(C)C)CN(CC(N)=O)C1. The average Bonchev–Trinajstić information content (AvgIpc) is 2.34. The van der Waals surface area contributed by atoms with Crippen molar-refractivity contribution in [2.45, 2.75) is 58.3 Å². The number of hydrogen-bond acceptors (Lipinski definition) is 5. The molecule has 1 rings (SSSR count). The fourth-order valence-corrected chi connectivity index (χ4v) is 2.77. The summed E-state index contributed by atoms with van der Waals surface area (Å²) in [6, 6.07) is -0.172. The van der Waals surface area contributed by atoms with E-state index in [1.807, 2.05) is 11.8 Å². The number of nitrogens with one attached hydrogen (secondary N) is 1. The molecule has 0 aromatic heterocycles. The number of likely N-dealkylation sites (tertiary alicyclic amines) is 1. The van der Waals surface area contributed by atoms with E-state index in [0.29, 0.717) is 25.9 Å². The highest BCUT2D eigenvalue weighted by Gasteiger charge is 2.33. The van der Waals surface area contributed by atoms with Crippen molar-refractivity contribution in [3.05, 3.63) is 0 Å². The molecule has 2 amide bonds. The van der Waals surface area contributed by atoms with Gasteiger partial charge in [0.15, 0.2) is 0 Å². The molecule has 0 aliphatic carbocycles. The predicted octanol–water partition coefficient (Wildman–Crippen LogP) is 0.458. The second kappa shape index (κ2) is 7.78. The van der Waals surface area contributed by atoms with Crippen molar-refractivity contribution in [3.63, 3.8) is 0 Å². The number of nitrogens with two attached hydrogens (primary N) is 1. The summed E-state index contributed by atoms with van der Waals surface area (Å²) in [5.41, 5.74) is 4.69. The Bertz CT molecular complexity index is 395. The van der Waals surface area contributed by atoms with Crippen LogP contribution in [-0.4, -0.2) is 59.4 Å². The Morgan fingerprint density at radius 1 is 1.41 bits per heavy atom. The van der Waals surface area contributed by atoms with E-state index in [4.69, 9.17) is 10.5 Å². The van der Waals surface area contributed by atoms with Gasteiger partial charge in [-0.1, -0.05) is 6.92 Å². The largest absolute Gasteiger partial charge is 0.444 e. The van der Waals surface area contributed by atoms with Gasteiger partial charge in [-0.3, -0.25) is 9.69 Å². The van der Waals surface area contributed by atoms with Crippen molar-refractivity contribution in [2.75, 3.05) is 19.6 Å². The van der Waals surface area contributed by atoms with Gasteiger partial charge in [0.25, 0.3) is 0 Å². The molecule has 1 fully saturated rings. The van der Waals surface area contributed by atoms with Crippen molar-refractivity contribution in [3.8, 4) is 0 Å². The molecule has 7 heteroatoms. The van der Waals surface area contributed by atoms with Gasteiger partial charge in [0.1, 0.15) is 5.60 Å². The van der Waals surface area contributed by atoms with Crippen LogP contribution in [-0.2, 0) is 9.53 Å². The first-order chi connectivity index (χ1) is 10.1. The van der Waals surface area contributed by atoms with E-state index in [2.05, 4.69) is 5.32 Å². The quantitative estimate of drug-likeness (QED) is 0.683. The van der Waals surface area contributed by atoms with Crippen LogP contribution in [0.3, 0.4) is 0 Å². The van der Waals surface area contributed by atoms with Gasteiger partial charge in [0, 0.05) is 19.1 Å². The lowest BCUT2D eigenvalue weighted by molar-refractivity contribution is -0.120. The minimum Gasteiger partial charge on any atom is -0.444 e. The van der Waals surface area contributed by atoms with E-state index in [0.717, 1.165) is 0 Å². The number of aliphatic hydroxyl groups is 1. The second-order valence-electron chi connectivity index (χ2n) is 6.97. The summed E-state index contributed by atoms with van der Waals surface area (Å²) in [6.45, 7) is 8.57. The minimum absolute atomic E-state index is 0.00182. The van der Waals surface area contributed by atoms with Crippen LogP contribution in [0.2, 0.25) is 0 Å². The van der Waals surface area contributed by atoms with Crippen molar-refractivity contribution >= 4 is 12.0 Å². The highest BCUT2D eigenvalue weighted by Crippen LogP contribution is 2.22. The first kappa shape index (κ1) is 18.7. The predicted molar refractivity (Wildman–Crippen MR) is 83.2 cm³/mol. The van der Waals surface area contributed by atoms with E-state index < -0.39 is 23.7 Å². The summed E-state index contributed by atoms with van der Waals surface area (Å²) in [6.07, 6.45) is 0.347. The van der Waals surface area contributed by atoms with Gasteiger partial charge in [-0.15, -0.1) is 0 Å². The lowest BCUT2D eigenvalue weighted by Crippen LogP contribution is -2.55. The molecule has 1 heterocycles. The first-order valence-corrected chi connectivity index (χ1v) is 7.79. The van der Waals surface area contributed by atoms with E-state index in [1.165, 1.54) is 0 Å². The highest BCUT2D eigenvalue weighted by atomic mass is 16.6. The molecular formula is C15H29N3O4. The van der Waals surface area contributed by atoms with Crippen LogP contribution in [0.25, 0.3) is 0 Å². The molecule has 1 aliphatic heterocycles. The normalized spacial score (nSPS) is 24.6. The maximum Gasteiger partial charge on any atom is 0.407 e. The van der Waals surface area contributed by atoms with Crippen molar-refractivity contribution in [1.82, 2.24) is 10.2 Å². The fourth-order valence-electron chi connectivity index (χ4n) is 2.77. The number of primary amides is 1. The van der Waals surface area contributed by atoms with Gasteiger partial charge in [-0.25, -0.2) is 4.79 Å². The number of alkyl carbamates (subject to hydrolysis) is 1. The molecule has 0 aromatic rings. The summed E-state index contributed by atoms with van der Waals surface area (Å²) in [4.78, 5) is 24.9. The van der Waals surface area contributed by atoms with Crippen LogP contribution in [0.4, 0.5) is 4.79 Å². The van der Waals surface area contributed by atoms with Gasteiger partial charge < -0.3 is 20.9 Å². The molecule has 3 unspecified atom stereocenters. The van der Waals surface area contributed by atoms with E-state index in [1.54, 1.807) is 20.8 Å². The molecule has 0 saturated carbocycles. The molecule has 1 aliphatic rings. The van der Waals surface area contributed by atoms with E-state index in [9.17, 15) is 14.7 Å². The molecule has 22 heavy (non-hydrogen) atoms. The number of aliphatic hydroxyl groups excluding tert-OH is 1. The third-order valence-corrected chi connectivity index (χ3v) is 3.62. The van der Waals surface area contributed by atoms with Gasteiger partial charge in [0.2, 0.25) is 5.91 Å². The number of carbonyl (C=O) groups excluding carboxylic acids is 2. The van der Waals surface area contributed by atoms with Gasteiger partial charge in [0.05, 0.1) is 12.6 Å². The van der Waals surface area contributed by atoms with Gasteiger partial charge in [-0.2, -0.15) is 0 Å². The third-order valence-electron chi connectivity index (χ3n) is 3.62. The molecule has 0 radical (unpaired) electrons. The summed E-state index contributed by atoms with van der Waals surface area (Å²) in [5, 5.41) is 12.9. The topological polar surface area (TPSA) is 105 Å². The highest BCUT2D eigenvalue weighted by molar-refractivity contribution is 5.76. The number of piperidine rings is 1. The molecular weight excluding hydrogens is 286 g/mol. The van der Waals surface area contributed by atoms with Crippen LogP contribution in [0.1, 0.15) is 40.5 Å². The molecule has 0 spiro atoms. The zero-order valence-electron chi connectivity index (χ0n) is 14.0. The summed E-state index contributed by atoms with van der Waals surface area (Å²) < 4.78 is 5.26. The number of amides is 2. The molecule has 1 saturated heterocycles. The standard InChI is InChI=1S/C15H29N3O4/c1-5-12(19)10-6-11(8-18(7-10)9-13(16)20)17-14(21)22-15(2,3)4/h10-12,19H,5-9H2,1-4H3,(H2,16,20)(H,17,21). The fraction of sp³-hybridized carbons (Fsp3) is 0.867. The Labute approximate surface area is 132 Å². The minimum atomic E-state index is -0.562. The zero-order valence-corrected chi connectivity index (χ0v) is 14.0. The molecule has 0 bridgehead atoms. The van der Waals surface area contributed by atoms with Crippen LogP contribution in [0.15, 0.2) is 0 Å². The summed E-state index contributed by atoms with van der Waals surface area (Å²) in [5.74, 6) is -0.416. The summed E-state index contributed by atoms with van der Waals surface area (Å²) in [7, 11) is 0. The van der Waals surface area contributed by atoms with Crippen molar-refractivity contribution in [2.24, 2.45) is 11.7 Å². The van der Waals surface area contributed by atoms with Crippen LogP contribution >= 0.6 is 0 Å². The zero-order chi connectivity index (χ0) is 16.9. The smallest absolute Gasteiger partial charge is 0.407 e. The Kier molecular flexibility index (Phi) is 6.62. The molecule has 4 N–H and O–H groups in total. The Balaban J connectivity index is 2.67.